The molecule has 2 aromatic rings. The van der Waals surface area contributed by atoms with Crippen molar-refractivity contribution in [3.63, 3.8) is 0 Å². The van der Waals surface area contributed by atoms with E-state index in [1.54, 1.807) is 0 Å². The smallest absolute Gasteiger partial charge is 0.141 e. The van der Waals surface area contributed by atoms with Gasteiger partial charge in [0.05, 0.1) is 28.8 Å². The van der Waals surface area contributed by atoms with Gasteiger partial charge in [-0.3, -0.25) is 4.90 Å². The van der Waals surface area contributed by atoms with Crippen LogP contribution in [0.3, 0.4) is 0 Å². The molecule has 0 spiro atoms. The minimum absolute atomic E-state index is 0.497. The van der Waals surface area contributed by atoms with Crippen LogP contribution in [0, 0.1) is 0 Å². The van der Waals surface area contributed by atoms with Crippen LogP contribution in [0.5, 0.6) is 0 Å². The molecule has 0 N–H and O–H groups in total. The number of unbranched alkanes of at least 4 members (excludes halogenated alkanes) is 1. The fourth-order valence-electron chi connectivity index (χ4n) is 4.99. The molecule has 1 heterocycles. The third-order valence-electron chi connectivity index (χ3n) is 7.27. The van der Waals surface area contributed by atoms with Crippen LogP contribution in [-0.4, -0.2) is 46.3 Å². The average molecular weight is 608 g/mol. The Labute approximate surface area is 265 Å². The maximum Gasteiger partial charge on any atom is 0.141 e. The molecule has 0 fully saturated rings. The van der Waals surface area contributed by atoms with Crippen molar-refractivity contribution in [1.29, 1.82) is 0 Å². The summed E-state index contributed by atoms with van der Waals surface area (Å²) in [6.07, 6.45) is 16.1. The molecule has 0 saturated carbocycles. The number of imidazole rings is 1. The highest BCUT2D eigenvalue weighted by molar-refractivity contribution is 6.30. The number of aromatic nitrogens is 2. The first-order valence-corrected chi connectivity index (χ1v) is 16.4. The Kier molecular flexibility index (Phi) is 16.2. The van der Waals surface area contributed by atoms with Gasteiger partial charge in [0.25, 0.3) is 0 Å². The minimum atomic E-state index is 0.497. The van der Waals surface area contributed by atoms with E-state index in [0.717, 1.165) is 77.4 Å². The lowest BCUT2D eigenvalue weighted by molar-refractivity contribution is 0.113. The zero-order valence-electron chi connectivity index (χ0n) is 27.8. The Morgan fingerprint density at radius 2 is 1.77 bits per heavy atom. The van der Waals surface area contributed by atoms with Crippen LogP contribution >= 0.6 is 11.6 Å². The summed E-state index contributed by atoms with van der Waals surface area (Å²) in [5.74, 6) is 2.76. The molecular formula is C37H54ClN3O2. The lowest BCUT2D eigenvalue weighted by atomic mass is 10.2. The average Bonchev–Trinajstić information content (AvgIpc) is 3.20. The summed E-state index contributed by atoms with van der Waals surface area (Å²) in [5, 5.41) is 2.85. The minimum Gasteiger partial charge on any atom is -0.498 e. The van der Waals surface area contributed by atoms with Crippen LogP contribution in [0.25, 0.3) is 17.7 Å². The van der Waals surface area contributed by atoms with Crippen LogP contribution in [0.15, 0.2) is 66.7 Å². The number of ether oxygens (including phenoxy) is 2. The first-order chi connectivity index (χ1) is 20.7. The Balaban J connectivity index is 0.00000316. The Hall–Kier alpha value is -3.02. The van der Waals surface area contributed by atoms with Crippen LogP contribution in [0.1, 0.15) is 86.0 Å². The van der Waals surface area contributed by atoms with Crippen molar-refractivity contribution in [2.45, 2.75) is 99.7 Å². The molecule has 0 saturated heterocycles. The zero-order valence-corrected chi connectivity index (χ0v) is 28.6. The van der Waals surface area contributed by atoms with Gasteiger partial charge < -0.3 is 14.0 Å². The van der Waals surface area contributed by atoms with E-state index in [9.17, 15) is 0 Å². The van der Waals surface area contributed by atoms with E-state index in [-0.39, 0.29) is 0 Å². The standard InChI is InChI=1S/C35H48ClN3O2.C2H6/c1-8-10-22-39-34-20-18-32(41-25-23-38(26(3)4)27(5)6)17-19-33(34)37-35(39)30(9-2)14-11-28(7)40-24-21-29-12-15-31(36)16-13-29;1-2/h9,11-17,19-20,26-27H,2,8,10,18,21-25H2,1,3-7H3;1-2H3/b28-11+,30-14+;. The lowest BCUT2D eigenvalue weighted by Crippen LogP contribution is -2.39. The molecule has 6 heteroatoms. The second-order valence-electron chi connectivity index (χ2n) is 11.0. The van der Waals surface area contributed by atoms with Crippen molar-refractivity contribution >= 4 is 29.3 Å². The van der Waals surface area contributed by atoms with Gasteiger partial charge >= 0.3 is 0 Å². The van der Waals surface area contributed by atoms with Gasteiger partial charge in [0.15, 0.2) is 0 Å². The second-order valence-corrected chi connectivity index (χ2v) is 11.5. The van der Waals surface area contributed by atoms with Crippen LogP contribution < -0.4 is 10.7 Å². The Morgan fingerprint density at radius 1 is 1.07 bits per heavy atom. The van der Waals surface area contributed by atoms with Gasteiger partial charge in [0.1, 0.15) is 12.4 Å². The molecule has 0 atom stereocenters. The molecule has 43 heavy (non-hydrogen) atoms. The first-order valence-electron chi connectivity index (χ1n) is 16.0. The fourth-order valence-corrected chi connectivity index (χ4v) is 5.12. The molecule has 1 aliphatic rings. The van der Waals surface area contributed by atoms with E-state index in [4.69, 9.17) is 26.1 Å². The molecule has 1 aromatic heterocycles. The summed E-state index contributed by atoms with van der Waals surface area (Å²) in [5.41, 5.74) is 2.17. The monoisotopic (exact) mass is 607 g/mol. The molecule has 0 radical (unpaired) electrons. The number of hydrogen-bond acceptors (Lipinski definition) is 4. The van der Waals surface area contributed by atoms with E-state index >= 15 is 0 Å². The quantitative estimate of drug-likeness (QED) is 0.143. The summed E-state index contributed by atoms with van der Waals surface area (Å²) in [4.78, 5) is 7.51. The molecule has 5 nitrogen and oxygen atoms in total. The zero-order chi connectivity index (χ0) is 31.8. The molecule has 0 bridgehead atoms. The molecule has 1 aromatic carbocycles. The highest BCUT2D eigenvalue weighted by Crippen LogP contribution is 2.16. The summed E-state index contributed by atoms with van der Waals surface area (Å²) >= 11 is 5.99. The Morgan fingerprint density at radius 3 is 2.40 bits per heavy atom. The van der Waals surface area contributed by atoms with Crippen LogP contribution in [-0.2, 0) is 22.4 Å². The summed E-state index contributed by atoms with van der Waals surface area (Å²) in [6, 6.07) is 8.88. The topological polar surface area (TPSA) is 39.5 Å². The van der Waals surface area contributed by atoms with Gasteiger partial charge in [-0.25, -0.2) is 4.98 Å². The first kappa shape index (κ1) is 36.2. The summed E-state index contributed by atoms with van der Waals surface area (Å²) < 4.78 is 14.5. The van der Waals surface area contributed by atoms with Gasteiger partial charge in [0.2, 0.25) is 0 Å². The van der Waals surface area contributed by atoms with Crippen LogP contribution in [0.4, 0.5) is 0 Å². The lowest BCUT2D eigenvalue weighted by Gasteiger charge is -2.30. The van der Waals surface area contributed by atoms with E-state index in [1.165, 1.54) is 5.56 Å². The summed E-state index contributed by atoms with van der Waals surface area (Å²) in [7, 11) is 0. The number of hydrogen-bond donors (Lipinski definition) is 0. The van der Waals surface area contributed by atoms with Crippen molar-refractivity contribution in [2.24, 2.45) is 0 Å². The van der Waals surface area contributed by atoms with Gasteiger partial charge in [-0.15, -0.1) is 0 Å². The van der Waals surface area contributed by atoms with E-state index in [1.807, 2.05) is 63.3 Å². The van der Waals surface area contributed by atoms with Gasteiger partial charge in [-0.05, 0) is 83.0 Å². The number of fused-ring (bicyclic) bond motifs is 1. The van der Waals surface area contributed by atoms with Gasteiger partial charge in [-0.2, -0.15) is 0 Å². The third-order valence-corrected chi connectivity index (χ3v) is 7.52. The SMILES string of the molecule is C=C/C(=C\C=C(/C)OCCc1ccc(Cl)cc1)c1nc2c(n1CCCC)=CCC(OCCN(C(C)C)C(C)C)=CC=2.CC. The highest BCUT2D eigenvalue weighted by atomic mass is 35.5. The number of allylic oxidation sites excluding steroid dienone is 7. The number of benzene rings is 1. The molecule has 236 valence electrons. The third kappa shape index (κ3) is 11.5. The molecule has 1 aliphatic carbocycles. The predicted octanol–water partition coefficient (Wildman–Crippen LogP) is 8.08. The second kappa shape index (κ2) is 19.3. The van der Waals surface area contributed by atoms with E-state index in [2.05, 4.69) is 68.9 Å². The molecule has 3 rings (SSSR count). The molecule has 0 aliphatic heterocycles. The van der Waals surface area contributed by atoms with Gasteiger partial charge in [-0.1, -0.05) is 69.7 Å². The summed E-state index contributed by atoms with van der Waals surface area (Å²) in [6.45, 7) is 24.3. The highest BCUT2D eigenvalue weighted by Gasteiger charge is 2.15. The van der Waals surface area contributed by atoms with Crippen molar-refractivity contribution in [3.05, 3.63) is 93.8 Å². The predicted molar refractivity (Wildman–Crippen MR) is 185 cm³/mol. The number of rotatable bonds is 16. The molecule has 0 amide bonds. The van der Waals surface area contributed by atoms with E-state index < -0.39 is 0 Å². The van der Waals surface area contributed by atoms with Crippen molar-refractivity contribution in [3.8, 4) is 0 Å². The molecular weight excluding hydrogens is 554 g/mol. The van der Waals surface area contributed by atoms with Crippen molar-refractivity contribution < 1.29 is 9.47 Å². The van der Waals surface area contributed by atoms with Crippen LogP contribution in [0.2, 0.25) is 5.02 Å². The molecule has 0 unspecified atom stereocenters. The Bertz CT molecular complexity index is 1340. The largest absolute Gasteiger partial charge is 0.498 e. The normalized spacial score (nSPS) is 13.4. The van der Waals surface area contributed by atoms with Crippen molar-refractivity contribution in [1.82, 2.24) is 14.5 Å². The maximum atomic E-state index is 6.21. The number of nitrogens with zero attached hydrogens (tertiary/aromatic N) is 3. The van der Waals surface area contributed by atoms with Crippen molar-refractivity contribution in [2.75, 3.05) is 19.8 Å². The van der Waals surface area contributed by atoms with E-state index in [0.29, 0.717) is 25.3 Å². The fraction of sp³-hybridized carbons (Fsp3) is 0.486. The number of halogens is 1. The van der Waals surface area contributed by atoms with Gasteiger partial charge in [0, 0.05) is 48.6 Å². The maximum absolute atomic E-state index is 6.21.